The van der Waals surface area contributed by atoms with Crippen molar-refractivity contribution in [1.82, 2.24) is 9.55 Å². The highest BCUT2D eigenvalue weighted by Gasteiger charge is 2.23. The summed E-state index contributed by atoms with van der Waals surface area (Å²) in [5, 5.41) is 10.4. The van der Waals surface area contributed by atoms with Crippen molar-refractivity contribution < 1.29 is 5.11 Å². The highest BCUT2D eigenvalue weighted by molar-refractivity contribution is 7.71. The number of nitrogens with zero attached hydrogens (tertiary/aromatic N) is 2. The third-order valence-electron chi connectivity index (χ3n) is 4.35. The van der Waals surface area contributed by atoms with E-state index >= 15 is 0 Å². The van der Waals surface area contributed by atoms with Gasteiger partial charge in [-0.2, -0.15) is 0 Å². The Bertz CT molecular complexity index is 1190. The van der Waals surface area contributed by atoms with E-state index in [1.54, 1.807) is 13.1 Å². The maximum atomic E-state index is 12.4. The van der Waals surface area contributed by atoms with Crippen LogP contribution in [0.5, 0.6) is 5.88 Å². The van der Waals surface area contributed by atoms with Gasteiger partial charge in [-0.15, -0.1) is 0 Å². The third-order valence-corrected chi connectivity index (χ3v) is 4.72. The molecule has 0 unspecified atom stereocenters. The molecule has 0 bridgehead atoms. The molecule has 128 valence electrons. The Kier molecular flexibility index (Phi) is 3.89. The highest BCUT2D eigenvalue weighted by Crippen LogP contribution is 2.38. The molecule has 0 radical (unpaired) electrons. The number of aliphatic imine (C=N–C) groups is 1. The van der Waals surface area contributed by atoms with Gasteiger partial charge in [0.05, 0.1) is 11.4 Å². The van der Waals surface area contributed by atoms with Gasteiger partial charge in [-0.1, -0.05) is 48.5 Å². The molecule has 4 rings (SSSR count). The van der Waals surface area contributed by atoms with Crippen LogP contribution in [0.15, 0.2) is 64.4 Å². The summed E-state index contributed by atoms with van der Waals surface area (Å²) in [4.78, 5) is 19.7. The number of hydrogen-bond donors (Lipinski definition) is 2. The number of aromatic amines is 1. The molecule has 1 aromatic heterocycles. The van der Waals surface area contributed by atoms with Crippen molar-refractivity contribution in [3.8, 4) is 5.88 Å². The molecule has 26 heavy (non-hydrogen) atoms. The van der Waals surface area contributed by atoms with E-state index in [1.165, 1.54) is 4.57 Å². The lowest BCUT2D eigenvalue weighted by atomic mass is 9.96. The Balaban J connectivity index is 1.98. The molecular formula is C20H15N3O2S. The van der Waals surface area contributed by atoms with Crippen molar-refractivity contribution in [3.63, 3.8) is 0 Å². The first-order valence-electron chi connectivity index (χ1n) is 8.04. The fourth-order valence-corrected chi connectivity index (χ4v) is 3.15. The van der Waals surface area contributed by atoms with Gasteiger partial charge >= 0.3 is 0 Å². The second-order valence-corrected chi connectivity index (χ2v) is 6.34. The van der Waals surface area contributed by atoms with Crippen molar-refractivity contribution in [1.29, 1.82) is 0 Å². The van der Waals surface area contributed by atoms with E-state index < -0.39 is 5.56 Å². The van der Waals surface area contributed by atoms with Gasteiger partial charge in [-0.05, 0) is 24.4 Å². The summed E-state index contributed by atoms with van der Waals surface area (Å²) in [7, 11) is 1.60. The molecule has 1 aliphatic heterocycles. The van der Waals surface area contributed by atoms with E-state index in [4.69, 9.17) is 17.2 Å². The van der Waals surface area contributed by atoms with E-state index in [2.05, 4.69) is 4.98 Å². The SMILES string of the molecule is Cn1c(O)c(C=C2C(c3ccccc3)=Nc3ccccc32)c(=O)[nH]c1=S. The number of nitrogens with one attached hydrogen (secondary N) is 1. The number of fused-ring (bicyclic) bond motifs is 1. The molecule has 0 fully saturated rings. The van der Waals surface area contributed by atoms with Crippen molar-refractivity contribution in [2.24, 2.45) is 12.0 Å². The monoisotopic (exact) mass is 361 g/mol. The van der Waals surface area contributed by atoms with Gasteiger partial charge in [0.1, 0.15) is 5.56 Å². The van der Waals surface area contributed by atoms with Crippen LogP contribution in [0.3, 0.4) is 0 Å². The first-order valence-corrected chi connectivity index (χ1v) is 8.45. The van der Waals surface area contributed by atoms with Crippen LogP contribution in [0.2, 0.25) is 0 Å². The van der Waals surface area contributed by atoms with Gasteiger partial charge < -0.3 is 5.11 Å². The smallest absolute Gasteiger partial charge is 0.262 e. The summed E-state index contributed by atoms with van der Waals surface area (Å²) < 4.78 is 1.53. The van der Waals surface area contributed by atoms with Crippen LogP contribution < -0.4 is 5.56 Å². The molecule has 0 saturated carbocycles. The van der Waals surface area contributed by atoms with Crippen LogP contribution >= 0.6 is 12.2 Å². The number of hydrogen-bond acceptors (Lipinski definition) is 4. The second kappa shape index (κ2) is 6.24. The highest BCUT2D eigenvalue weighted by atomic mass is 32.1. The van der Waals surface area contributed by atoms with Gasteiger partial charge in [0.2, 0.25) is 5.88 Å². The Labute approximate surface area is 154 Å². The first-order chi connectivity index (χ1) is 12.6. The van der Waals surface area contributed by atoms with Crippen LogP contribution in [0.1, 0.15) is 16.7 Å². The lowest BCUT2D eigenvalue weighted by Crippen LogP contribution is -2.15. The zero-order chi connectivity index (χ0) is 18.3. The van der Waals surface area contributed by atoms with E-state index in [1.807, 2.05) is 54.6 Å². The Morgan fingerprint density at radius 2 is 1.81 bits per heavy atom. The normalized spacial score (nSPS) is 14.3. The molecule has 0 amide bonds. The number of aromatic hydroxyl groups is 1. The number of allylic oxidation sites excluding steroid dienone is 1. The minimum atomic E-state index is -0.435. The third kappa shape index (κ3) is 2.60. The van der Waals surface area contributed by atoms with Crippen molar-refractivity contribution in [2.45, 2.75) is 0 Å². The van der Waals surface area contributed by atoms with E-state index in [0.717, 1.165) is 28.1 Å². The van der Waals surface area contributed by atoms with E-state index in [9.17, 15) is 9.90 Å². The van der Waals surface area contributed by atoms with Crippen molar-refractivity contribution >= 4 is 35.3 Å². The molecule has 0 spiro atoms. The Hall–Kier alpha value is -3.25. The Morgan fingerprint density at radius 1 is 1.12 bits per heavy atom. The van der Waals surface area contributed by atoms with Crippen LogP contribution in [0.25, 0.3) is 11.6 Å². The average molecular weight is 361 g/mol. The predicted molar refractivity (Wildman–Crippen MR) is 105 cm³/mol. The second-order valence-electron chi connectivity index (χ2n) is 5.96. The van der Waals surface area contributed by atoms with Crippen molar-refractivity contribution in [3.05, 3.63) is 86.4 Å². The van der Waals surface area contributed by atoms with Crippen LogP contribution in [0, 0.1) is 4.77 Å². The quantitative estimate of drug-likeness (QED) is 0.682. The Morgan fingerprint density at radius 3 is 2.58 bits per heavy atom. The largest absolute Gasteiger partial charge is 0.494 e. The van der Waals surface area contributed by atoms with Crippen LogP contribution in [-0.2, 0) is 7.05 Å². The van der Waals surface area contributed by atoms with Crippen molar-refractivity contribution in [2.75, 3.05) is 0 Å². The average Bonchev–Trinajstić information content (AvgIpc) is 3.03. The molecule has 5 nitrogen and oxygen atoms in total. The zero-order valence-corrected chi connectivity index (χ0v) is 14.7. The maximum absolute atomic E-state index is 12.4. The summed E-state index contributed by atoms with van der Waals surface area (Å²) in [5.41, 5.74) is 3.94. The van der Waals surface area contributed by atoms with Gasteiger partial charge in [0, 0.05) is 23.7 Å². The summed E-state index contributed by atoms with van der Waals surface area (Å²) in [5.74, 6) is -0.178. The number of rotatable bonds is 2. The lowest BCUT2D eigenvalue weighted by molar-refractivity contribution is 0.419. The molecule has 6 heteroatoms. The predicted octanol–water partition coefficient (Wildman–Crippen LogP) is 3.82. The van der Waals surface area contributed by atoms with Gasteiger partial charge in [0.15, 0.2) is 4.77 Å². The van der Waals surface area contributed by atoms with E-state index in [0.29, 0.717) is 0 Å². The van der Waals surface area contributed by atoms with Crippen LogP contribution in [-0.4, -0.2) is 20.4 Å². The first kappa shape index (κ1) is 16.2. The van der Waals surface area contributed by atoms with E-state index in [-0.39, 0.29) is 16.2 Å². The maximum Gasteiger partial charge on any atom is 0.262 e. The summed E-state index contributed by atoms with van der Waals surface area (Å²) in [6.07, 6.45) is 1.67. The molecule has 1 aliphatic rings. The standard InChI is InChI=1S/C20H15N3O2S/c1-23-19(25)15(18(24)22-20(23)26)11-14-13-9-5-6-10-16(13)21-17(14)12-7-3-2-4-8-12/h2-11,25H,1H3,(H,22,24,26). The number of H-pyrrole nitrogens is 1. The zero-order valence-electron chi connectivity index (χ0n) is 13.9. The minimum Gasteiger partial charge on any atom is -0.494 e. The fourth-order valence-electron chi connectivity index (χ4n) is 2.97. The number of para-hydroxylation sites is 1. The molecule has 0 atom stereocenters. The molecule has 2 heterocycles. The van der Waals surface area contributed by atoms with Gasteiger partial charge in [0.25, 0.3) is 5.56 Å². The molecule has 3 aromatic rings. The number of benzene rings is 2. The molecule has 2 aromatic carbocycles. The minimum absolute atomic E-state index is 0.149. The summed E-state index contributed by atoms with van der Waals surface area (Å²) in [6, 6.07) is 17.5. The molecular weight excluding hydrogens is 346 g/mol. The topological polar surface area (TPSA) is 70.4 Å². The molecule has 0 saturated heterocycles. The van der Waals surface area contributed by atoms with Crippen LogP contribution in [0.4, 0.5) is 5.69 Å². The fraction of sp³-hybridized carbons (Fsp3) is 0.0500. The lowest BCUT2D eigenvalue weighted by Gasteiger charge is -2.09. The molecule has 2 N–H and O–H groups in total. The van der Waals surface area contributed by atoms with Gasteiger partial charge in [-0.3, -0.25) is 14.3 Å². The number of aromatic nitrogens is 2. The van der Waals surface area contributed by atoms with Gasteiger partial charge in [-0.25, -0.2) is 4.99 Å². The summed E-state index contributed by atoms with van der Waals surface area (Å²) in [6.45, 7) is 0. The molecule has 0 aliphatic carbocycles. The summed E-state index contributed by atoms with van der Waals surface area (Å²) >= 11 is 5.04.